The molecule has 3 nitrogen and oxygen atoms in total. The van der Waals surface area contributed by atoms with Gasteiger partial charge in [0.05, 0.1) is 0 Å². The summed E-state index contributed by atoms with van der Waals surface area (Å²) in [7, 11) is 0. The Bertz CT molecular complexity index is 212. The van der Waals surface area contributed by atoms with Crippen molar-refractivity contribution in [3.05, 3.63) is 23.8 Å². The summed E-state index contributed by atoms with van der Waals surface area (Å²) in [5, 5.41) is 24.2. The minimum absolute atomic E-state index is 0. The summed E-state index contributed by atoms with van der Waals surface area (Å²) in [5.74, 6) is 0. The van der Waals surface area contributed by atoms with Crippen molar-refractivity contribution in [2.75, 3.05) is 0 Å². The first-order valence-electron chi connectivity index (χ1n) is 7.43. The van der Waals surface area contributed by atoms with Crippen LogP contribution in [0.4, 0.5) is 0 Å². The molecule has 0 unspecified atom stereocenters. The van der Waals surface area contributed by atoms with Gasteiger partial charge in [0.2, 0.25) is 0 Å². The molecular weight excluding hydrogens is 431 g/mol. The van der Waals surface area contributed by atoms with E-state index in [9.17, 15) is 0 Å². The summed E-state index contributed by atoms with van der Waals surface area (Å²) >= 11 is 0. The van der Waals surface area contributed by atoms with Crippen LogP contribution in [0.2, 0.25) is 0 Å². The van der Waals surface area contributed by atoms with Gasteiger partial charge in [0, 0.05) is 44.2 Å². The van der Waals surface area contributed by atoms with Gasteiger partial charge in [-0.2, -0.15) is 6.08 Å². The first-order chi connectivity index (χ1) is 9.13. The molecule has 0 saturated heterocycles. The van der Waals surface area contributed by atoms with Crippen molar-refractivity contribution in [2.24, 2.45) is 0 Å². The van der Waals surface area contributed by atoms with Crippen LogP contribution >= 0.6 is 0 Å². The van der Waals surface area contributed by atoms with E-state index in [1.54, 1.807) is 41.5 Å². The normalized spacial score (nSPS) is 11.6. The Morgan fingerprint density at radius 3 is 1.48 bits per heavy atom. The van der Waals surface area contributed by atoms with E-state index < -0.39 is 0 Å². The molecule has 126 valence electrons. The Morgan fingerprint density at radius 1 is 0.952 bits per heavy atom. The van der Waals surface area contributed by atoms with Gasteiger partial charge in [-0.05, 0) is 41.5 Å². The first-order valence-corrected chi connectivity index (χ1v) is 7.43. The molecule has 0 spiro atoms. The molecule has 0 aliphatic heterocycles. The van der Waals surface area contributed by atoms with Crippen molar-refractivity contribution in [3.63, 3.8) is 0 Å². The standard InChI is InChI=1S/C8H11.3C3H8O.Hf/c1-2-5-8-6-3-4-7-8;3*1-3(2)4;/h3,6H,2,4-5H2,1H3;3*3-4H,1-2H3;/q-1;;;;. The van der Waals surface area contributed by atoms with E-state index in [1.807, 2.05) is 0 Å². The number of aliphatic hydroxyl groups is 3. The third-order valence-electron chi connectivity index (χ3n) is 1.29. The molecule has 0 fully saturated rings. The average molecular weight is 466 g/mol. The van der Waals surface area contributed by atoms with E-state index in [0.717, 1.165) is 6.42 Å². The van der Waals surface area contributed by atoms with Gasteiger partial charge in [-0.25, -0.2) is 11.6 Å². The van der Waals surface area contributed by atoms with Crippen molar-refractivity contribution < 1.29 is 41.2 Å². The van der Waals surface area contributed by atoms with Gasteiger partial charge < -0.3 is 15.3 Å². The molecule has 0 aromatic carbocycles. The Hall–Kier alpha value is 0.230. The molecule has 0 heterocycles. The Morgan fingerprint density at radius 2 is 1.29 bits per heavy atom. The number of hydrogen-bond acceptors (Lipinski definition) is 3. The summed E-state index contributed by atoms with van der Waals surface area (Å²) < 4.78 is 0. The third kappa shape index (κ3) is 64.2. The molecule has 1 aliphatic carbocycles. The van der Waals surface area contributed by atoms with E-state index in [4.69, 9.17) is 15.3 Å². The van der Waals surface area contributed by atoms with E-state index >= 15 is 0 Å². The van der Waals surface area contributed by atoms with Gasteiger partial charge in [-0.15, -0.1) is 6.42 Å². The summed E-state index contributed by atoms with van der Waals surface area (Å²) in [6.07, 6.45) is 10.6. The number of allylic oxidation sites excluding steroid dienone is 4. The molecular formula is C17H35HfO3-. The Kier molecular flexibility index (Phi) is 31.4. The topological polar surface area (TPSA) is 60.7 Å². The van der Waals surface area contributed by atoms with Gasteiger partial charge in [-0.1, -0.05) is 19.8 Å². The zero-order valence-electron chi connectivity index (χ0n) is 14.8. The van der Waals surface area contributed by atoms with Gasteiger partial charge >= 0.3 is 0 Å². The molecule has 4 heteroatoms. The van der Waals surface area contributed by atoms with Crippen molar-refractivity contribution in [2.45, 2.75) is 86.0 Å². The van der Waals surface area contributed by atoms with Crippen LogP contribution in [-0.2, 0) is 25.8 Å². The SMILES string of the molecule is CC(C)O.CC(C)O.CC(C)O.CCCC1=[C-]CC=C1.[Hf]. The van der Waals surface area contributed by atoms with Gasteiger partial charge in [-0.3, -0.25) is 6.08 Å². The van der Waals surface area contributed by atoms with E-state index in [1.165, 1.54) is 18.4 Å². The minimum atomic E-state index is -0.167. The van der Waals surface area contributed by atoms with E-state index in [-0.39, 0.29) is 44.2 Å². The largest absolute Gasteiger partial charge is 0.394 e. The molecule has 0 aromatic heterocycles. The summed E-state index contributed by atoms with van der Waals surface area (Å²) in [4.78, 5) is 0. The zero-order valence-corrected chi connectivity index (χ0v) is 18.4. The van der Waals surface area contributed by atoms with Crippen LogP contribution in [0.15, 0.2) is 17.7 Å². The molecule has 21 heavy (non-hydrogen) atoms. The summed E-state index contributed by atoms with van der Waals surface area (Å²) in [6.45, 7) is 12.5. The monoisotopic (exact) mass is 467 g/mol. The molecule has 0 atom stereocenters. The second-order valence-electron chi connectivity index (χ2n) is 5.34. The molecule has 0 saturated carbocycles. The van der Waals surface area contributed by atoms with Crippen LogP contribution in [0.1, 0.15) is 67.7 Å². The van der Waals surface area contributed by atoms with Gasteiger partial charge in [0.25, 0.3) is 0 Å². The molecule has 0 aromatic rings. The third-order valence-corrected chi connectivity index (χ3v) is 1.29. The molecule has 1 aliphatic rings. The first kappa shape index (κ1) is 29.3. The van der Waals surface area contributed by atoms with Gasteiger partial charge in [0.1, 0.15) is 0 Å². The van der Waals surface area contributed by atoms with Crippen molar-refractivity contribution >= 4 is 0 Å². The van der Waals surface area contributed by atoms with Crippen LogP contribution in [0, 0.1) is 6.08 Å². The fraction of sp³-hybridized carbons (Fsp3) is 0.765. The number of hydrogen-bond donors (Lipinski definition) is 3. The van der Waals surface area contributed by atoms with Crippen LogP contribution < -0.4 is 0 Å². The Balaban J connectivity index is -0.0000000973. The second-order valence-corrected chi connectivity index (χ2v) is 5.34. The molecule has 0 bridgehead atoms. The second kappa shape index (κ2) is 22.5. The number of aliphatic hydroxyl groups excluding tert-OH is 3. The van der Waals surface area contributed by atoms with Crippen LogP contribution in [0.5, 0.6) is 0 Å². The summed E-state index contributed by atoms with van der Waals surface area (Å²) in [6, 6.07) is 0. The van der Waals surface area contributed by atoms with Crippen molar-refractivity contribution in [1.29, 1.82) is 0 Å². The van der Waals surface area contributed by atoms with Crippen LogP contribution in [-0.4, -0.2) is 33.6 Å². The molecule has 1 rings (SSSR count). The predicted octanol–water partition coefficient (Wildman–Crippen LogP) is 3.63. The van der Waals surface area contributed by atoms with Crippen molar-refractivity contribution in [3.8, 4) is 0 Å². The predicted molar refractivity (Wildman–Crippen MR) is 87.5 cm³/mol. The van der Waals surface area contributed by atoms with Crippen LogP contribution in [0.3, 0.4) is 0 Å². The fourth-order valence-electron chi connectivity index (χ4n) is 0.891. The minimum Gasteiger partial charge on any atom is -0.394 e. The van der Waals surface area contributed by atoms with Crippen LogP contribution in [0.25, 0.3) is 0 Å². The maximum atomic E-state index is 8.06. The smallest absolute Gasteiger partial charge is 0.0483 e. The summed E-state index contributed by atoms with van der Waals surface area (Å²) in [5.41, 5.74) is 1.40. The zero-order chi connectivity index (χ0) is 16.6. The average Bonchev–Trinajstić information content (AvgIpc) is 2.68. The maximum absolute atomic E-state index is 8.06. The molecule has 0 radical (unpaired) electrons. The van der Waals surface area contributed by atoms with Gasteiger partial charge in [0.15, 0.2) is 0 Å². The number of rotatable bonds is 2. The quantitative estimate of drug-likeness (QED) is 0.431. The van der Waals surface area contributed by atoms with E-state index in [2.05, 4.69) is 25.2 Å². The molecule has 0 amide bonds. The maximum Gasteiger partial charge on any atom is 0.0483 e. The van der Waals surface area contributed by atoms with E-state index in [0.29, 0.717) is 0 Å². The molecule has 3 N–H and O–H groups in total. The Labute approximate surface area is 151 Å². The fourth-order valence-corrected chi connectivity index (χ4v) is 0.891. The van der Waals surface area contributed by atoms with Crippen molar-refractivity contribution in [1.82, 2.24) is 0 Å².